The van der Waals surface area contributed by atoms with Crippen molar-refractivity contribution < 1.29 is 28.6 Å². The molecule has 79 heavy (non-hydrogen) atoms. The average Bonchev–Trinajstić information content (AvgIpc) is 3.45. The first-order valence-corrected chi connectivity index (χ1v) is 31.6. The number of unbranched alkanes of at least 4 members (excludes halogenated alkanes) is 16. The molecule has 0 saturated heterocycles. The van der Waals surface area contributed by atoms with Gasteiger partial charge >= 0.3 is 17.9 Å². The summed E-state index contributed by atoms with van der Waals surface area (Å²) in [5.41, 5.74) is 0. The van der Waals surface area contributed by atoms with E-state index in [0.717, 1.165) is 148 Å². The Morgan fingerprint density at radius 3 is 0.759 bits per heavy atom. The van der Waals surface area contributed by atoms with E-state index in [1.54, 1.807) is 0 Å². The smallest absolute Gasteiger partial charge is 0.306 e. The zero-order chi connectivity index (χ0) is 57.1. The van der Waals surface area contributed by atoms with Crippen LogP contribution in [0, 0.1) is 0 Å². The molecule has 0 aliphatic heterocycles. The summed E-state index contributed by atoms with van der Waals surface area (Å²) in [5, 5.41) is 0. The lowest BCUT2D eigenvalue weighted by molar-refractivity contribution is -0.166. The van der Waals surface area contributed by atoms with Gasteiger partial charge in [-0.05, 0) is 135 Å². The van der Waals surface area contributed by atoms with Crippen LogP contribution in [0.2, 0.25) is 0 Å². The van der Waals surface area contributed by atoms with Gasteiger partial charge in [0.25, 0.3) is 0 Å². The molecule has 1 unspecified atom stereocenters. The molecule has 0 radical (unpaired) electrons. The SMILES string of the molecule is CC/C=C\C/C=C\C/C=C\C/C=C\C/C=C\C/C=C\CCC(=O)OC(COC(=O)CCCCCCC/C=C\C/C=C\C/C=C\CC)COC(=O)CCCCCCCCCCCCC/C=C\C/C=C\C/C=C\C/C=C\C/C=C\CC. The molecule has 0 saturated carbocycles. The zero-order valence-electron chi connectivity index (χ0n) is 50.6. The van der Waals surface area contributed by atoms with Crippen LogP contribution in [0.4, 0.5) is 0 Å². The largest absolute Gasteiger partial charge is 0.462 e. The molecule has 0 aliphatic rings. The van der Waals surface area contributed by atoms with E-state index in [0.29, 0.717) is 19.3 Å². The van der Waals surface area contributed by atoms with Gasteiger partial charge in [-0.2, -0.15) is 0 Å². The number of carbonyl (C=O) groups excluding carboxylic acids is 3. The molecular formula is C73H114O6. The van der Waals surface area contributed by atoms with Crippen molar-refractivity contribution in [1.82, 2.24) is 0 Å². The van der Waals surface area contributed by atoms with Gasteiger partial charge in [-0.25, -0.2) is 0 Å². The summed E-state index contributed by atoms with van der Waals surface area (Å²) in [5.74, 6) is -1.03. The molecule has 1 atom stereocenters. The van der Waals surface area contributed by atoms with Crippen LogP contribution in [0.5, 0.6) is 0 Å². The zero-order valence-corrected chi connectivity index (χ0v) is 50.6. The minimum Gasteiger partial charge on any atom is -0.462 e. The number of ether oxygens (including phenoxy) is 3. The third kappa shape index (κ3) is 63.5. The molecule has 0 bridgehead atoms. The second-order valence-corrected chi connectivity index (χ2v) is 20.2. The predicted molar refractivity (Wildman–Crippen MR) is 343 cm³/mol. The van der Waals surface area contributed by atoms with Crippen molar-refractivity contribution in [1.29, 1.82) is 0 Å². The Morgan fingerprint density at radius 2 is 0.481 bits per heavy atom. The highest BCUT2D eigenvalue weighted by atomic mass is 16.6. The van der Waals surface area contributed by atoms with Crippen molar-refractivity contribution in [3.63, 3.8) is 0 Å². The van der Waals surface area contributed by atoms with Crippen LogP contribution >= 0.6 is 0 Å². The first-order chi connectivity index (χ1) is 39.0. The molecular weight excluding hydrogens is 973 g/mol. The second kappa shape index (κ2) is 65.3. The Bertz CT molecular complexity index is 1820. The van der Waals surface area contributed by atoms with Gasteiger partial charge in [-0.15, -0.1) is 0 Å². The summed E-state index contributed by atoms with van der Waals surface area (Å²) in [6.07, 6.45) is 96.5. The lowest BCUT2D eigenvalue weighted by Crippen LogP contribution is -2.30. The molecule has 0 heterocycles. The molecule has 0 spiro atoms. The van der Waals surface area contributed by atoms with Crippen molar-refractivity contribution in [2.24, 2.45) is 0 Å². The number of rotatable bonds is 55. The fourth-order valence-corrected chi connectivity index (χ4v) is 8.10. The first-order valence-electron chi connectivity index (χ1n) is 31.6. The summed E-state index contributed by atoms with van der Waals surface area (Å²) in [4.78, 5) is 38.3. The van der Waals surface area contributed by atoms with Gasteiger partial charge in [0.05, 0.1) is 0 Å². The lowest BCUT2D eigenvalue weighted by atomic mass is 10.0. The summed E-state index contributed by atoms with van der Waals surface area (Å²) < 4.78 is 16.8. The summed E-state index contributed by atoms with van der Waals surface area (Å²) in [7, 11) is 0. The highest BCUT2D eigenvalue weighted by molar-refractivity contribution is 5.71. The molecule has 6 nitrogen and oxygen atoms in total. The van der Waals surface area contributed by atoms with Crippen LogP contribution in [0.25, 0.3) is 0 Å². The van der Waals surface area contributed by atoms with Gasteiger partial charge in [-0.1, -0.05) is 268 Å². The van der Waals surface area contributed by atoms with Crippen LogP contribution in [-0.2, 0) is 28.6 Å². The molecule has 0 aromatic heterocycles. The summed E-state index contributed by atoms with van der Waals surface area (Å²) in [6.45, 7) is 6.22. The van der Waals surface area contributed by atoms with Crippen LogP contribution in [0.3, 0.4) is 0 Å². The quantitative estimate of drug-likeness (QED) is 0.0261. The van der Waals surface area contributed by atoms with Gasteiger partial charge in [-0.3, -0.25) is 14.4 Å². The molecule has 0 aromatic carbocycles. The van der Waals surface area contributed by atoms with E-state index in [1.807, 2.05) is 12.2 Å². The number of allylic oxidation sites excluding steroid dienone is 28. The maximum atomic E-state index is 12.9. The molecule has 0 N–H and O–H groups in total. The van der Waals surface area contributed by atoms with Gasteiger partial charge in [0.15, 0.2) is 6.10 Å². The fraction of sp³-hybridized carbons (Fsp3) is 0.575. The highest BCUT2D eigenvalue weighted by Crippen LogP contribution is 2.14. The molecule has 0 rings (SSSR count). The highest BCUT2D eigenvalue weighted by Gasteiger charge is 2.19. The van der Waals surface area contributed by atoms with Gasteiger partial charge in [0.2, 0.25) is 0 Å². The molecule has 442 valence electrons. The predicted octanol–water partition coefficient (Wildman–Crippen LogP) is 21.9. The number of esters is 3. The van der Waals surface area contributed by atoms with Crippen LogP contribution in [0.15, 0.2) is 170 Å². The third-order valence-corrected chi connectivity index (χ3v) is 12.7. The van der Waals surface area contributed by atoms with Crippen molar-refractivity contribution >= 4 is 17.9 Å². The maximum absolute atomic E-state index is 12.9. The summed E-state index contributed by atoms with van der Waals surface area (Å²) in [6, 6.07) is 0. The van der Waals surface area contributed by atoms with Crippen molar-refractivity contribution in [3.8, 4) is 0 Å². The number of carbonyl (C=O) groups is 3. The molecule has 6 heteroatoms. The molecule has 0 aliphatic carbocycles. The van der Waals surface area contributed by atoms with E-state index in [-0.39, 0.29) is 31.6 Å². The Hall–Kier alpha value is -5.23. The van der Waals surface area contributed by atoms with E-state index >= 15 is 0 Å². The summed E-state index contributed by atoms with van der Waals surface area (Å²) >= 11 is 0. The van der Waals surface area contributed by atoms with Crippen LogP contribution in [0.1, 0.15) is 252 Å². The topological polar surface area (TPSA) is 78.9 Å². The number of hydrogen-bond donors (Lipinski definition) is 0. The Kier molecular flexibility index (Phi) is 61.0. The molecule has 0 fully saturated rings. The number of hydrogen-bond acceptors (Lipinski definition) is 6. The average molecular weight is 1090 g/mol. The van der Waals surface area contributed by atoms with Gasteiger partial charge in [0.1, 0.15) is 13.2 Å². The van der Waals surface area contributed by atoms with Crippen molar-refractivity contribution in [2.75, 3.05) is 13.2 Å². The normalized spacial score (nSPS) is 13.3. The van der Waals surface area contributed by atoms with Crippen LogP contribution < -0.4 is 0 Å². The van der Waals surface area contributed by atoms with E-state index < -0.39 is 12.1 Å². The van der Waals surface area contributed by atoms with Crippen molar-refractivity contribution in [3.05, 3.63) is 170 Å². The Morgan fingerprint density at radius 1 is 0.253 bits per heavy atom. The Labute approximate surface area is 485 Å². The molecule has 0 amide bonds. The fourth-order valence-electron chi connectivity index (χ4n) is 8.10. The van der Waals surface area contributed by atoms with Crippen LogP contribution in [-0.4, -0.2) is 37.2 Å². The Balaban J connectivity index is 4.47. The van der Waals surface area contributed by atoms with Gasteiger partial charge < -0.3 is 14.2 Å². The van der Waals surface area contributed by atoms with Gasteiger partial charge in [0, 0.05) is 19.3 Å². The lowest BCUT2D eigenvalue weighted by Gasteiger charge is -2.18. The monoisotopic (exact) mass is 1090 g/mol. The maximum Gasteiger partial charge on any atom is 0.306 e. The first kappa shape index (κ1) is 73.8. The minimum absolute atomic E-state index is 0.123. The van der Waals surface area contributed by atoms with E-state index in [4.69, 9.17) is 14.2 Å². The van der Waals surface area contributed by atoms with Crippen molar-refractivity contribution in [2.45, 2.75) is 258 Å². The third-order valence-electron chi connectivity index (χ3n) is 12.7. The van der Waals surface area contributed by atoms with E-state index in [1.165, 1.54) is 57.8 Å². The minimum atomic E-state index is -0.837. The van der Waals surface area contributed by atoms with E-state index in [2.05, 4.69) is 179 Å². The second-order valence-electron chi connectivity index (χ2n) is 20.2. The van der Waals surface area contributed by atoms with E-state index in [9.17, 15) is 14.4 Å². The standard InChI is InChI=1S/C73H114O6/c1-4-7-10-13-16-19-22-25-28-30-32-33-34-35-36-37-38-39-41-42-45-48-51-54-57-60-63-66-72(75)78-69-70(68-77-71(74)65-62-59-56-53-50-47-44-27-24-21-18-15-12-9-6-3)79-73(76)67-64-61-58-55-52-49-46-43-40-31-29-26-23-20-17-14-11-8-5-2/h7-12,16-21,25-29,32-33,35-36,40,43-44,49,52,58,61,70H,4-6,13-15,22-24,30-31,34,37-39,41-42,45-48,50-51,53-57,59-60,62-69H2,1-3H3/b10-7-,11-8-,12-9-,19-16-,20-17-,21-18-,28-25-,29-26-,33-32-,36-35-,43-40-,44-27-,52-49-,61-58-. The molecule has 0 aromatic rings.